The highest BCUT2D eigenvalue weighted by Crippen LogP contribution is 2.31. The van der Waals surface area contributed by atoms with E-state index in [0.29, 0.717) is 11.1 Å². The highest BCUT2D eigenvalue weighted by molar-refractivity contribution is 7.87. The monoisotopic (exact) mass is 310 g/mol. The van der Waals surface area contributed by atoms with Gasteiger partial charge in [-0.15, -0.1) is 0 Å². The number of halogens is 3. The lowest BCUT2D eigenvalue weighted by atomic mass is 9.99. The zero-order chi connectivity index (χ0) is 15.6. The van der Waals surface area contributed by atoms with E-state index in [-0.39, 0.29) is 0 Å². The summed E-state index contributed by atoms with van der Waals surface area (Å²) in [6, 6.07) is 5.05. The molecule has 0 spiro atoms. The molecule has 1 atom stereocenters. The first-order valence-corrected chi connectivity index (χ1v) is 7.29. The predicted molar refractivity (Wildman–Crippen MR) is 70.3 cm³/mol. The van der Waals surface area contributed by atoms with Crippen molar-refractivity contribution in [2.45, 2.75) is 25.6 Å². The molecule has 114 valence electrons. The van der Waals surface area contributed by atoms with E-state index in [1.807, 2.05) is 0 Å². The Morgan fingerprint density at radius 1 is 1.25 bits per heavy atom. The van der Waals surface area contributed by atoms with E-state index in [0.717, 1.165) is 4.31 Å². The number of aryl methyl sites for hydroxylation is 1. The van der Waals surface area contributed by atoms with E-state index in [1.54, 1.807) is 25.1 Å². The van der Waals surface area contributed by atoms with Gasteiger partial charge in [-0.25, -0.2) is 0 Å². The second-order valence-electron chi connectivity index (χ2n) is 4.63. The average molecular weight is 310 g/mol. The van der Waals surface area contributed by atoms with Crippen molar-refractivity contribution in [1.82, 2.24) is 9.03 Å². The topological polar surface area (TPSA) is 49.4 Å². The third kappa shape index (κ3) is 4.77. The summed E-state index contributed by atoms with van der Waals surface area (Å²) in [7, 11) is -1.44. The van der Waals surface area contributed by atoms with Crippen LogP contribution < -0.4 is 4.72 Å². The molecule has 8 heteroatoms. The Balaban J connectivity index is 3.14. The summed E-state index contributed by atoms with van der Waals surface area (Å²) in [5, 5.41) is 0. The predicted octanol–water partition coefficient (Wildman–Crippen LogP) is 2.38. The van der Waals surface area contributed by atoms with E-state index in [2.05, 4.69) is 4.72 Å². The van der Waals surface area contributed by atoms with Crippen LogP contribution in [0.5, 0.6) is 0 Å². The number of nitrogens with one attached hydrogen (secondary N) is 1. The molecule has 0 aliphatic rings. The summed E-state index contributed by atoms with van der Waals surface area (Å²) in [6.45, 7) is 1.64. The molecular weight excluding hydrogens is 293 g/mol. The van der Waals surface area contributed by atoms with Gasteiger partial charge in [0.1, 0.15) is 0 Å². The van der Waals surface area contributed by atoms with E-state index >= 15 is 0 Å². The highest BCUT2D eigenvalue weighted by Gasteiger charge is 2.35. The Kier molecular flexibility index (Phi) is 5.17. The molecule has 0 aliphatic carbocycles. The molecule has 0 amide bonds. The molecule has 0 aromatic heterocycles. The minimum absolute atomic E-state index is 0.315. The standard InChI is InChI=1S/C12H17F3N2O2S/c1-9-6-4-5-7-10(9)11(8-12(13,14)15)16-20(18,19)17(2)3/h4-7,11,16H,8H2,1-3H3. The lowest BCUT2D eigenvalue weighted by Crippen LogP contribution is -2.39. The van der Waals surface area contributed by atoms with Gasteiger partial charge >= 0.3 is 6.18 Å². The zero-order valence-corrected chi connectivity index (χ0v) is 12.2. The average Bonchev–Trinajstić information content (AvgIpc) is 2.26. The molecule has 1 N–H and O–H groups in total. The molecule has 0 saturated carbocycles. The fourth-order valence-electron chi connectivity index (χ4n) is 1.71. The molecular formula is C12H17F3N2O2S. The second-order valence-corrected chi connectivity index (χ2v) is 6.55. The first-order chi connectivity index (χ1) is 9.03. The normalized spacial score (nSPS) is 14.6. The van der Waals surface area contributed by atoms with E-state index in [1.165, 1.54) is 20.2 Å². The van der Waals surface area contributed by atoms with Crippen LogP contribution >= 0.6 is 0 Å². The van der Waals surface area contributed by atoms with Crippen LogP contribution in [-0.2, 0) is 10.2 Å². The van der Waals surface area contributed by atoms with Gasteiger partial charge in [-0.3, -0.25) is 0 Å². The van der Waals surface area contributed by atoms with Crippen LogP contribution in [0.2, 0.25) is 0 Å². The quantitative estimate of drug-likeness (QED) is 0.908. The molecule has 1 unspecified atom stereocenters. The first kappa shape index (κ1) is 16.9. The maximum atomic E-state index is 12.7. The Morgan fingerprint density at radius 3 is 2.25 bits per heavy atom. The molecule has 0 heterocycles. The number of rotatable bonds is 5. The second kappa shape index (κ2) is 6.11. The summed E-state index contributed by atoms with van der Waals surface area (Å²) in [5.74, 6) is 0. The van der Waals surface area contributed by atoms with Crippen molar-refractivity contribution in [2.75, 3.05) is 14.1 Å². The molecule has 0 fully saturated rings. The van der Waals surface area contributed by atoms with Gasteiger partial charge in [-0.05, 0) is 18.1 Å². The molecule has 0 bridgehead atoms. The van der Waals surface area contributed by atoms with Gasteiger partial charge < -0.3 is 0 Å². The fraction of sp³-hybridized carbons (Fsp3) is 0.500. The molecule has 0 aliphatic heterocycles. The van der Waals surface area contributed by atoms with E-state index in [9.17, 15) is 21.6 Å². The van der Waals surface area contributed by atoms with Crippen molar-refractivity contribution in [1.29, 1.82) is 0 Å². The van der Waals surface area contributed by atoms with Crippen molar-refractivity contribution >= 4 is 10.2 Å². The van der Waals surface area contributed by atoms with Crippen LogP contribution in [0.1, 0.15) is 23.6 Å². The molecule has 20 heavy (non-hydrogen) atoms. The fourth-order valence-corrected chi connectivity index (χ4v) is 2.49. The molecule has 4 nitrogen and oxygen atoms in total. The Hall–Kier alpha value is -1.12. The molecule has 1 rings (SSSR count). The van der Waals surface area contributed by atoms with Crippen molar-refractivity contribution in [3.8, 4) is 0 Å². The maximum absolute atomic E-state index is 12.7. The minimum Gasteiger partial charge on any atom is -0.195 e. The van der Waals surface area contributed by atoms with Crippen LogP contribution in [0.25, 0.3) is 0 Å². The van der Waals surface area contributed by atoms with E-state index in [4.69, 9.17) is 0 Å². The summed E-state index contributed by atoms with van der Waals surface area (Å²) in [5.41, 5.74) is 0.915. The number of benzene rings is 1. The van der Waals surface area contributed by atoms with Gasteiger partial charge in [0, 0.05) is 14.1 Å². The summed E-state index contributed by atoms with van der Waals surface area (Å²) < 4.78 is 64.4. The van der Waals surface area contributed by atoms with Gasteiger partial charge in [0.05, 0.1) is 12.5 Å². The van der Waals surface area contributed by atoms with Gasteiger partial charge in [0.25, 0.3) is 10.2 Å². The molecule has 1 aromatic carbocycles. The molecule has 1 aromatic rings. The number of nitrogens with zero attached hydrogens (tertiary/aromatic N) is 1. The lowest BCUT2D eigenvalue weighted by Gasteiger charge is -2.24. The van der Waals surface area contributed by atoms with Crippen molar-refractivity contribution in [2.24, 2.45) is 0 Å². The van der Waals surface area contributed by atoms with Crippen LogP contribution in [-0.4, -0.2) is 33.0 Å². The number of hydrogen-bond acceptors (Lipinski definition) is 2. The van der Waals surface area contributed by atoms with E-state index < -0.39 is 28.8 Å². The van der Waals surface area contributed by atoms with Crippen LogP contribution in [0.15, 0.2) is 24.3 Å². The zero-order valence-electron chi connectivity index (χ0n) is 11.4. The van der Waals surface area contributed by atoms with Crippen LogP contribution in [0, 0.1) is 6.92 Å². The van der Waals surface area contributed by atoms with Gasteiger partial charge in [0.2, 0.25) is 0 Å². The van der Waals surface area contributed by atoms with Gasteiger partial charge in [0.15, 0.2) is 0 Å². The minimum atomic E-state index is -4.47. The summed E-state index contributed by atoms with van der Waals surface area (Å²) >= 11 is 0. The third-order valence-corrected chi connectivity index (χ3v) is 4.32. The largest absolute Gasteiger partial charge is 0.390 e. The Bertz CT molecular complexity index is 556. The number of hydrogen-bond donors (Lipinski definition) is 1. The lowest BCUT2D eigenvalue weighted by molar-refractivity contribution is -0.139. The SMILES string of the molecule is Cc1ccccc1C(CC(F)(F)F)NS(=O)(=O)N(C)C. The highest BCUT2D eigenvalue weighted by atomic mass is 32.2. The molecule has 0 radical (unpaired) electrons. The number of alkyl halides is 3. The Labute approximate surface area is 116 Å². The van der Waals surface area contributed by atoms with Crippen molar-refractivity contribution in [3.05, 3.63) is 35.4 Å². The van der Waals surface area contributed by atoms with Crippen molar-refractivity contribution in [3.63, 3.8) is 0 Å². The smallest absolute Gasteiger partial charge is 0.195 e. The first-order valence-electron chi connectivity index (χ1n) is 5.85. The van der Waals surface area contributed by atoms with Gasteiger partial charge in [-0.2, -0.15) is 30.6 Å². The summed E-state index contributed by atoms with van der Waals surface area (Å²) in [4.78, 5) is 0. The van der Waals surface area contributed by atoms with Crippen molar-refractivity contribution < 1.29 is 21.6 Å². The summed E-state index contributed by atoms with van der Waals surface area (Å²) in [6.07, 6.45) is -5.73. The third-order valence-electron chi connectivity index (χ3n) is 2.77. The Morgan fingerprint density at radius 2 is 1.80 bits per heavy atom. The van der Waals surface area contributed by atoms with Crippen LogP contribution in [0.4, 0.5) is 13.2 Å². The maximum Gasteiger partial charge on any atom is 0.390 e. The molecule has 0 saturated heterocycles. The van der Waals surface area contributed by atoms with Gasteiger partial charge in [-0.1, -0.05) is 24.3 Å². The van der Waals surface area contributed by atoms with Crippen LogP contribution in [0.3, 0.4) is 0 Å².